The second kappa shape index (κ2) is 8.71. The molecule has 0 aliphatic rings. The number of benzene rings is 2. The van der Waals surface area contributed by atoms with E-state index in [9.17, 15) is 0 Å². The van der Waals surface area contributed by atoms with Crippen LogP contribution >= 0.6 is 20.3 Å². The quantitative estimate of drug-likeness (QED) is 0.258. The van der Waals surface area contributed by atoms with E-state index < -0.39 is 8.07 Å². The van der Waals surface area contributed by atoms with Crippen LogP contribution in [0.4, 0.5) is 0 Å². The third kappa shape index (κ3) is 4.53. The van der Waals surface area contributed by atoms with Gasteiger partial charge in [-0.15, -0.1) is 0 Å². The van der Waals surface area contributed by atoms with Gasteiger partial charge < -0.3 is 0 Å². The number of fused-ring (bicyclic) bond motifs is 3. The Hall–Kier alpha value is -1.44. The molecule has 0 N–H and O–H groups in total. The second-order valence-electron chi connectivity index (χ2n) is 7.26. The summed E-state index contributed by atoms with van der Waals surface area (Å²) in [5, 5.41) is 3.71. The van der Waals surface area contributed by atoms with Gasteiger partial charge in [-0.05, 0) is 11.3 Å². The molecule has 0 aliphatic heterocycles. The van der Waals surface area contributed by atoms with E-state index in [1.165, 1.54) is 16.1 Å². The van der Waals surface area contributed by atoms with E-state index >= 15 is 0 Å². The van der Waals surface area contributed by atoms with Crippen molar-refractivity contribution in [1.82, 2.24) is 9.97 Å². The minimum atomic E-state index is -1.53. The molecule has 0 saturated carbocycles. The number of aromatic nitrogens is 2. The van der Waals surface area contributed by atoms with E-state index in [-0.39, 0.29) is 0 Å². The summed E-state index contributed by atoms with van der Waals surface area (Å²) in [6, 6.07) is 21.2. The SMILES string of the molecule is C[Si](C)(C)c1cc2ccc3cccnc3c2nc1-c1ccccc1.[Cl][Co][Cl]. The number of halogens is 2. The summed E-state index contributed by atoms with van der Waals surface area (Å²) in [5.41, 5.74) is 4.27. The standard InChI is InChI=1S/C21H20N2Si.2ClH.Co/c1-24(2,3)18-14-17-12-11-16-10-7-13-22-20(16)21(17)23-19(18)15-8-5-4-6-9-15;;;/h4-14H,1-3H3;2*1H;/q;;;+2/p-2. The van der Waals surface area contributed by atoms with E-state index in [2.05, 4.69) is 79.2 Å². The average molecular weight is 458 g/mol. The van der Waals surface area contributed by atoms with Gasteiger partial charge in [-0.25, -0.2) is 4.98 Å². The Balaban J connectivity index is 0.000000659. The van der Waals surface area contributed by atoms with E-state index in [0.29, 0.717) is 12.9 Å². The van der Waals surface area contributed by atoms with Gasteiger partial charge in [-0.3, -0.25) is 4.98 Å². The van der Waals surface area contributed by atoms with Gasteiger partial charge >= 0.3 is 33.2 Å². The van der Waals surface area contributed by atoms with Crippen LogP contribution in [0.1, 0.15) is 0 Å². The topological polar surface area (TPSA) is 25.8 Å². The van der Waals surface area contributed by atoms with Gasteiger partial charge in [0.25, 0.3) is 0 Å². The molecule has 4 rings (SSSR count). The first kappa shape index (κ1) is 20.3. The molecule has 0 unspecified atom stereocenters. The van der Waals surface area contributed by atoms with Crippen LogP contribution in [-0.2, 0) is 12.9 Å². The summed E-state index contributed by atoms with van der Waals surface area (Å²) in [7, 11) is 7.94. The van der Waals surface area contributed by atoms with Crippen molar-refractivity contribution in [2.75, 3.05) is 0 Å². The molecule has 0 bridgehead atoms. The molecule has 0 saturated heterocycles. The van der Waals surface area contributed by atoms with Crippen LogP contribution in [0.3, 0.4) is 0 Å². The molecule has 2 heterocycles. The molecule has 27 heavy (non-hydrogen) atoms. The number of hydrogen-bond donors (Lipinski definition) is 0. The zero-order valence-electron chi connectivity index (χ0n) is 15.3. The molecule has 0 aliphatic carbocycles. The molecular weight excluding hydrogens is 438 g/mol. The molecule has 4 aromatic rings. The van der Waals surface area contributed by atoms with Crippen LogP contribution in [0, 0.1) is 0 Å². The van der Waals surface area contributed by atoms with Crippen LogP contribution in [0.15, 0.2) is 66.9 Å². The van der Waals surface area contributed by atoms with Crippen molar-refractivity contribution in [3.8, 4) is 11.3 Å². The Morgan fingerprint density at radius 2 is 1.48 bits per heavy atom. The fourth-order valence-corrected chi connectivity index (χ4v) is 4.66. The van der Waals surface area contributed by atoms with E-state index in [4.69, 9.17) is 25.3 Å². The third-order valence-corrected chi connectivity index (χ3v) is 6.41. The first-order valence-corrected chi connectivity index (χ1v) is 14.9. The molecule has 0 spiro atoms. The van der Waals surface area contributed by atoms with E-state index in [1.807, 2.05) is 12.3 Å². The maximum atomic E-state index is 5.11. The minimum absolute atomic E-state index is 0.382. The van der Waals surface area contributed by atoms with Gasteiger partial charge in [0.2, 0.25) is 0 Å². The normalized spacial score (nSPS) is 11.4. The summed E-state index contributed by atoms with van der Waals surface area (Å²) >= 11 is 0.382. The number of pyridine rings is 2. The Labute approximate surface area is 175 Å². The van der Waals surface area contributed by atoms with Gasteiger partial charge in [0.1, 0.15) is 0 Å². The summed E-state index contributed by atoms with van der Waals surface area (Å²) in [5.74, 6) is 0. The summed E-state index contributed by atoms with van der Waals surface area (Å²) < 4.78 is 0. The Bertz CT molecular complexity index is 1070. The fraction of sp³-hybridized carbons (Fsp3) is 0.143. The van der Waals surface area contributed by atoms with Crippen LogP contribution in [0.25, 0.3) is 33.1 Å². The third-order valence-electron chi connectivity index (χ3n) is 4.41. The zero-order valence-corrected chi connectivity index (χ0v) is 18.9. The number of hydrogen-bond acceptors (Lipinski definition) is 2. The van der Waals surface area contributed by atoms with Crippen molar-refractivity contribution in [1.29, 1.82) is 0 Å². The molecule has 0 fully saturated rings. The first-order valence-electron chi connectivity index (χ1n) is 8.54. The molecule has 2 aromatic carbocycles. The summed E-state index contributed by atoms with van der Waals surface area (Å²) in [6.07, 6.45) is 1.85. The molecule has 0 atom stereocenters. The van der Waals surface area contributed by atoms with Crippen molar-refractivity contribution in [2.45, 2.75) is 19.6 Å². The monoisotopic (exact) mass is 457 g/mol. The van der Waals surface area contributed by atoms with Crippen molar-refractivity contribution in [2.24, 2.45) is 0 Å². The Morgan fingerprint density at radius 1 is 0.815 bits per heavy atom. The van der Waals surface area contributed by atoms with E-state index in [0.717, 1.165) is 22.1 Å². The van der Waals surface area contributed by atoms with Crippen LogP contribution < -0.4 is 5.19 Å². The predicted octanol–water partition coefficient (Wildman–Crippen LogP) is 6.37. The first-order chi connectivity index (χ1) is 13.0. The van der Waals surface area contributed by atoms with Crippen molar-refractivity contribution in [3.05, 3.63) is 66.9 Å². The molecule has 2 aromatic heterocycles. The van der Waals surface area contributed by atoms with Gasteiger partial charge in [-0.2, -0.15) is 0 Å². The average Bonchev–Trinajstić information content (AvgIpc) is 2.67. The maximum absolute atomic E-state index is 5.11. The number of nitrogens with zero attached hydrogens (tertiary/aromatic N) is 2. The van der Waals surface area contributed by atoms with Crippen molar-refractivity contribution < 1.29 is 12.9 Å². The van der Waals surface area contributed by atoms with Crippen molar-refractivity contribution >= 4 is 55.4 Å². The molecule has 141 valence electrons. The molecular formula is C21H20Cl2CoN2Si. The Morgan fingerprint density at radius 3 is 2.15 bits per heavy atom. The van der Waals surface area contributed by atoms with Crippen LogP contribution in [0.2, 0.25) is 19.6 Å². The Kier molecular flexibility index (Phi) is 6.55. The molecule has 6 heteroatoms. The zero-order chi connectivity index (χ0) is 19.4. The van der Waals surface area contributed by atoms with Crippen molar-refractivity contribution in [3.63, 3.8) is 0 Å². The van der Waals surface area contributed by atoms with Crippen LogP contribution in [-0.4, -0.2) is 18.0 Å². The molecule has 0 amide bonds. The predicted molar refractivity (Wildman–Crippen MR) is 117 cm³/mol. The fourth-order valence-electron chi connectivity index (χ4n) is 3.16. The van der Waals surface area contributed by atoms with Gasteiger partial charge in [0.05, 0.1) is 24.8 Å². The number of rotatable bonds is 2. The molecule has 0 radical (unpaired) electrons. The van der Waals surface area contributed by atoms with Gasteiger partial charge in [0, 0.05) is 22.5 Å². The summed E-state index contributed by atoms with van der Waals surface area (Å²) in [4.78, 5) is 9.70. The van der Waals surface area contributed by atoms with Gasteiger partial charge in [0.15, 0.2) is 0 Å². The van der Waals surface area contributed by atoms with E-state index in [1.54, 1.807) is 0 Å². The molecule has 2 nitrogen and oxygen atoms in total. The summed E-state index contributed by atoms with van der Waals surface area (Å²) in [6.45, 7) is 7.13. The second-order valence-corrected chi connectivity index (χ2v) is 14.0. The van der Waals surface area contributed by atoms with Gasteiger partial charge in [-0.1, -0.05) is 74.2 Å². The van der Waals surface area contributed by atoms with Crippen LogP contribution in [0.5, 0.6) is 0 Å².